The fourth-order valence-electron chi connectivity index (χ4n) is 2.73. The summed E-state index contributed by atoms with van der Waals surface area (Å²) in [5.41, 5.74) is 8.24. The Hall–Kier alpha value is -2.76. The topological polar surface area (TPSA) is 75.2 Å². The van der Waals surface area contributed by atoms with Crippen LogP contribution in [0, 0.1) is 13.8 Å². The minimum Gasteiger partial charge on any atom is -0.341 e. The van der Waals surface area contributed by atoms with E-state index in [1.54, 1.807) is 0 Å². The SMILES string of the molecule is CNC(=O)NNC(=O)c1cc(C)n(C(C)c2ccccc2)c1C. The molecule has 0 aliphatic carbocycles. The molecule has 6 heteroatoms. The summed E-state index contributed by atoms with van der Waals surface area (Å²) < 4.78 is 2.12. The normalized spacial score (nSPS) is 11.7. The predicted molar refractivity (Wildman–Crippen MR) is 89.2 cm³/mol. The Morgan fingerprint density at radius 3 is 2.35 bits per heavy atom. The summed E-state index contributed by atoms with van der Waals surface area (Å²) in [6.45, 7) is 5.97. The van der Waals surface area contributed by atoms with Gasteiger partial charge < -0.3 is 9.88 Å². The maximum Gasteiger partial charge on any atom is 0.333 e. The second kappa shape index (κ2) is 7.00. The molecule has 122 valence electrons. The van der Waals surface area contributed by atoms with E-state index >= 15 is 0 Å². The van der Waals surface area contributed by atoms with Crippen LogP contribution in [0.2, 0.25) is 0 Å². The molecule has 3 N–H and O–H groups in total. The first kappa shape index (κ1) is 16.6. The fraction of sp³-hybridized carbons (Fsp3) is 0.294. The number of benzene rings is 1. The summed E-state index contributed by atoms with van der Waals surface area (Å²) in [7, 11) is 1.48. The molecule has 3 amide bonds. The summed E-state index contributed by atoms with van der Waals surface area (Å²) in [5.74, 6) is -0.340. The Balaban J connectivity index is 2.26. The number of carbonyl (C=O) groups excluding carboxylic acids is 2. The van der Waals surface area contributed by atoms with Crippen molar-refractivity contribution in [3.8, 4) is 0 Å². The number of nitrogens with zero attached hydrogens (tertiary/aromatic N) is 1. The molecule has 1 heterocycles. The zero-order chi connectivity index (χ0) is 17.0. The van der Waals surface area contributed by atoms with Crippen LogP contribution in [0.1, 0.15) is 40.3 Å². The molecule has 23 heavy (non-hydrogen) atoms. The van der Waals surface area contributed by atoms with Crippen LogP contribution in [0.25, 0.3) is 0 Å². The van der Waals surface area contributed by atoms with Gasteiger partial charge in [-0.2, -0.15) is 0 Å². The Bertz CT molecular complexity index is 707. The summed E-state index contributed by atoms with van der Waals surface area (Å²) in [4.78, 5) is 23.4. The molecule has 2 rings (SSSR count). The molecule has 0 bridgehead atoms. The number of hydrazine groups is 1. The number of rotatable bonds is 3. The first-order chi connectivity index (χ1) is 11.0. The van der Waals surface area contributed by atoms with Crippen LogP contribution in [0.15, 0.2) is 36.4 Å². The second-order valence-corrected chi connectivity index (χ2v) is 5.40. The second-order valence-electron chi connectivity index (χ2n) is 5.40. The fourth-order valence-corrected chi connectivity index (χ4v) is 2.73. The molecular formula is C17H22N4O2. The van der Waals surface area contributed by atoms with Gasteiger partial charge in [0.1, 0.15) is 0 Å². The molecule has 2 aromatic rings. The van der Waals surface area contributed by atoms with Crippen molar-refractivity contribution in [3.05, 3.63) is 58.9 Å². The lowest BCUT2D eigenvalue weighted by molar-refractivity contribution is 0.0935. The Labute approximate surface area is 135 Å². The first-order valence-electron chi connectivity index (χ1n) is 7.47. The number of aryl methyl sites for hydroxylation is 1. The van der Waals surface area contributed by atoms with Crippen LogP contribution in [0.4, 0.5) is 4.79 Å². The summed E-state index contributed by atoms with van der Waals surface area (Å²) in [5, 5.41) is 2.37. The lowest BCUT2D eigenvalue weighted by Crippen LogP contribution is -2.45. The number of aromatic nitrogens is 1. The van der Waals surface area contributed by atoms with Gasteiger partial charge in [-0.3, -0.25) is 10.2 Å². The lowest BCUT2D eigenvalue weighted by Gasteiger charge is -2.19. The monoisotopic (exact) mass is 314 g/mol. The highest BCUT2D eigenvalue weighted by Gasteiger charge is 2.19. The molecule has 0 aliphatic rings. The van der Waals surface area contributed by atoms with E-state index in [-0.39, 0.29) is 11.9 Å². The lowest BCUT2D eigenvalue weighted by atomic mass is 10.1. The van der Waals surface area contributed by atoms with Gasteiger partial charge in [0.15, 0.2) is 0 Å². The number of urea groups is 1. The zero-order valence-corrected chi connectivity index (χ0v) is 13.8. The number of hydrogen-bond donors (Lipinski definition) is 3. The smallest absolute Gasteiger partial charge is 0.333 e. The van der Waals surface area contributed by atoms with Crippen LogP contribution in [-0.4, -0.2) is 23.6 Å². The summed E-state index contributed by atoms with van der Waals surface area (Å²) in [6, 6.07) is 11.6. The van der Waals surface area contributed by atoms with Gasteiger partial charge in [0, 0.05) is 18.4 Å². The third-order valence-electron chi connectivity index (χ3n) is 3.91. The molecule has 0 aliphatic heterocycles. The van der Waals surface area contributed by atoms with Crippen molar-refractivity contribution in [2.75, 3.05) is 7.05 Å². The van der Waals surface area contributed by atoms with Crippen LogP contribution < -0.4 is 16.2 Å². The van der Waals surface area contributed by atoms with Gasteiger partial charge in [-0.15, -0.1) is 0 Å². The average molecular weight is 314 g/mol. The van der Waals surface area contributed by atoms with Crippen LogP contribution in [0.5, 0.6) is 0 Å². The van der Waals surface area contributed by atoms with Crippen molar-refractivity contribution in [3.63, 3.8) is 0 Å². The standard InChI is InChI=1S/C17H22N4O2/c1-11-10-15(16(22)19-20-17(23)18-4)13(3)21(11)12(2)14-8-6-5-7-9-14/h5-10,12H,1-4H3,(H,19,22)(H2,18,20,23). The molecule has 6 nitrogen and oxygen atoms in total. The van der Waals surface area contributed by atoms with Gasteiger partial charge in [-0.05, 0) is 32.4 Å². The maximum absolute atomic E-state index is 12.2. The largest absolute Gasteiger partial charge is 0.341 e. The molecule has 1 aromatic heterocycles. The Morgan fingerprint density at radius 2 is 1.74 bits per heavy atom. The number of carbonyl (C=O) groups is 2. The van der Waals surface area contributed by atoms with E-state index in [9.17, 15) is 9.59 Å². The number of hydrogen-bond acceptors (Lipinski definition) is 2. The Kier molecular flexibility index (Phi) is 5.05. The molecule has 0 radical (unpaired) electrons. The maximum atomic E-state index is 12.2. The third kappa shape index (κ3) is 3.53. The highest BCUT2D eigenvalue weighted by Crippen LogP contribution is 2.25. The number of nitrogens with one attached hydrogen (secondary N) is 3. The Morgan fingerprint density at radius 1 is 1.09 bits per heavy atom. The van der Waals surface area contributed by atoms with Gasteiger partial charge in [0.25, 0.3) is 5.91 Å². The molecule has 0 spiro atoms. The summed E-state index contributed by atoms with van der Waals surface area (Å²) in [6.07, 6.45) is 0. The van der Waals surface area contributed by atoms with Crippen molar-refractivity contribution < 1.29 is 9.59 Å². The van der Waals surface area contributed by atoms with E-state index in [0.29, 0.717) is 5.56 Å². The molecule has 1 atom stereocenters. The highest BCUT2D eigenvalue weighted by atomic mass is 16.2. The van der Waals surface area contributed by atoms with Crippen LogP contribution in [0.3, 0.4) is 0 Å². The van der Waals surface area contributed by atoms with E-state index in [1.807, 2.05) is 38.1 Å². The van der Waals surface area contributed by atoms with E-state index in [4.69, 9.17) is 0 Å². The van der Waals surface area contributed by atoms with Crippen molar-refractivity contribution >= 4 is 11.9 Å². The zero-order valence-electron chi connectivity index (χ0n) is 13.8. The molecule has 1 unspecified atom stereocenters. The van der Waals surface area contributed by atoms with Crippen molar-refractivity contribution in [1.29, 1.82) is 0 Å². The van der Waals surface area contributed by atoms with Crippen molar-refractivity contribution in [2.45, 2.75) is 26.8 Å². The minimum absolute atomic E-state index is 0.115. The third-order valence-corrected chi connectivity index (χ3v) is 3.91. The quantitative estimate of drug-likeness (QED) is 0.760. The van der Waals surface area contributed by atoms with E-state index in [1.165, 1.54) is 12.6 Å². The molecule has 0 fully saturated rings. The van der Waals surface area contributed by atoms with Crippen LogP contribution in [-0.2, 0) is 0 Å². The van der Waals surface area contributed by atoms with Gasteiger partial charge >= 0.3 is 6.03 Å². The van der Waals surface area contributed by atoms with Crippen LogP contribution >= 0.6 is 0 Å². The van der Waals surface area contributed by atoms with E-state index in [2.05, 4.69) is 39.8 Å². The molecule has 0 saturated heterocycles. The minimum atomic E-state index is -0.468. The highest BCUT2D eigenvalue weighted by molar-refractivity contribution is 5.96. The molecular weight excluding hydrogens is 292 g/mol. The van der Waals surface area contributed by atoms with E-state index in [0.717, 1.165) is 11.4 Å². The molecule has 0 saturated carbocycles. The summed E-state index contributed by atoms with van der Waals surface area (Å²) >= 11 is 0. The predicted octanol–water partition coefficient (Wildman–Crippen LogP) is 2.29. The first-order valence-corrected chi connectivity index (χ1v) is 7.47. The van der Waals surface area contributed by atoms with Gasteiger partial charge in [0.05, 0.1) is 11.6 Å². The van der Waals surface area contributed by atoms with Crippen molar-refractivity contribution in [2.24, 2.45) is 0 Å². The number of amides is 3. The van der Waals surface area contributed by atoms with Gasteiger partial charge in [-0.25, -0.2) is 10.2 Å². The van der Waals surface area contributed by atoms with Crippen molar-refractivity contribution in [1.82, 2.24) is 20.7 Å². The van der Waals surface area contributed by atoms with E-state index < -0.39 is 6.03 Å². The van der Waals surface area contributed by atoms with Gasteiger partial charge in [0.2, 0.25) is 0 Å². The average Bonchev–Trinajstić information content (AvgIpc) is 2.87. The van der Waals surface area contributed by atoms with Gasteiger partial charge in [-0.1, -0.05) is 30.3 Å². The molecule has 1 aromatic carbocycles.